The summed E-state index contributed by atoms with van der Waals surface area (Å²) in [6.45, 7) is 1.69. The molecule has 1 atom stereocenters. The fraction of sp³-hybridized carbons (Fsp3) is 0.286. The van der Waals surface area contributed by atoms with Gasteiger partial charge in [0.15, 0.2) is 11.9 Å². The van der Waals surface area contributed by atoms with Gasteiger partial charge in [0.05, 0.1) is 11.6 Å². The summed E-state index contributed by atoms with van der Waals surface area (Å²) in [6.07, 6.45) is 2.61. The number of nitriles is 1. The fourth-order valence-corrected chi connectivity index (χ4v) is 1.23. The van der Waals surface area contributed by atoms with Crippen molar-refractivity contribution < 1.29 is 9.53 Å². The molecule has 0 unspecified atom stereocenters. The number of carbonyl (C=O) groups is 1. The maximum Gasteiger partial charge on any atom is 0.197 e. The lowest BCUT2D eigenvalue weighted by molar-refractivity contribution is -0.120. The number of hydrogen-bond donors (Lipinski definition) is 0. The van der Waals surface area contributed by atoms with Gasteiger partial charge in [0.2, 0.25) is 0 Å². The molecular formula is C14H16N2O2. The van der Waals surface area contributed by atoms with Crippen molar-refractivity contribution in [2.45, 2.75) is 13.0 Å². The third-order valence-electron chi connectivity index (χ3n) is 2.23. The maximum absolute atomic E-state index is 11.7. The second kappa shape index (κ2) is 6.45. The Morgan fingerprint density at radius 2 is 2.00 bits per heavy atom. The molecule has 1 aromatic rings. The molecule has 0 saturated heterocycles. The van der Waals surface area contributed by atoms with Gasteiger partial charge in [0.1, 0.15) is 5.75 Å². The van der Waals surface area contributed by atoms with Crippen LogP contribution in [0, 0.1) is 11.3 Å². The first-order valence-corrected chi connectivity index (χ1v) is 5.58. The van der Waals surface area contributed by atoms with Gasteiger partial charge in [0.25, 0.3) is 0 Å². The summed E-state index contributed by atoms with van der Waals surface area (Å²) >= 11 is 0. The van der Waals surface area contributed by atoms with Crippen molar-refractivity contribution in [2.24, 2.45) is 0 Å². The Kier molecular flexibility index (Phi) is 4.94. The zero-order valence-electron chi connectivity index (χ0n) is 10.8. The Labute approximate surface area is 107 Å². The van der Waals surface area contributed by atoms with E-state index in [0.717, 1.165) is 0 Å². The largest absolute Gasteiger partial charge is 0.483 e. The van der Waals surface area contributed by atoms with E-state index in [1.165, 1.54) is 6.08 Å². The molecule has 0 amide bonds. The molecule has 4 heteroatoms. The van der Waals surface area contributed by atoms with Gasteiger partial charge in [0, 0.05) is 26.4 Å². The van der Waals surface area contributed by atoms with Gasteiger partial charge in [-0.3, -0.25) is 4.79 Å². The zero-order valence-corrected chi connectivity index (χ0v) is 10.8. The molecule has 4 nitrogen and oxygen atoms in total. The SMILES string of the molecule is C[C@H](Oc1ccc(C#N)cc1)C(=O)/C=C/N(C)C. The molecule has 0 radical (unpaired) electrons. The monoisotopic (exact) mass is 244 g/mol. The summed E-state index contributed by atoms with van der Waals surface area (Å²) in [7, 11) is 3.69. The van der Waals surface area contributed by atoms with Gasteiger partial charge in [-0.2, -0.15) is 5.26 Å². The van der Waals surface area contributed by atoms with Crippen LogP contribution in [0.25, 0.3) is 0 Å². The number of ketones is 1. The van der Waals surface area contributed by atoms with E-state index in [1.807, 2.05) is 20.2 Å². The minimum Gasteiger partial charge on any atom is -0.483 e. The normalized spacial score (nSPS) is 11.9. The molecule has 0 N–H and O–H groups in total. The molecule has 0 aliphatic carbocycles. The van der Waals surface area contributed by atoms with E-state index in [1.54, 1.807) is 42.3 Å². The van der Waals surface area contributed by atoms with Gasteiger partial charge in [-0.25, -0.2) is 0 Å². The van der Waals surface area contributed by atoms with Crippen LogP contribution in [0.4, 0.5) is 0 Å². The molecular weight excluding hydrogens is 228 g/mol. The Morgan fingerprint density at radius 1 is 1.39 bits per heavy atom. The van der Waals surface area contributed by atoms with Crippen LogP contribution in [0.2, 0.25) is 0 Å². The summed E-state index contributed by atoms with van der Waals surface area (Å²) in [6, 6.07) is 8.69. The number of carbonyl (C=O) groups excluding carboxylic acids is 1. The lowest BCUT2D eigenvalue weighted by Crippen LogP contribution is -2.22. The molecule has 0 spiro atoms. The van der Waals surface area contributed by atoms with E-state index in [9.17, 15) is 4.79 Å². The van der Waals surface area contributed by atoms with Crippen LogP contribution in [0.5, 0.6) is 5.75 Å². The highest BCUT2D eigenvalue weighted by atomic mass is 16.5. The summed E-state index contributed by atoms with van der Waals surface area (Å²) in [5.41, 5.74) is 0.564. The Morgan fingerprint density at radius 3 is 2.50 bits per heavy atom. The number of nitrogens with zero attached hydrogens (tertiary/aromatic N) is 2. The van der Waals surface area contributed by atoms with Crippen LogP contribution < -0.4 is 4.74 Å². The predicted molar refractivity (Wildman–Crippen MR) is 69.1 cm³/mol. The first-order chi connectivity index (χ1) is 8.52. The van der Waals surface area contributed by atoms with Crippen LogP contribution >= 0.6 is 0 Å². The van der Waals surface area contributed by atoms with Gasteiger partial charge < -0.3 is 9.64 Å². The van der Waals surface area contributed by atoms with Crippen molar-refractivity contribution in [1.29, 1.82) is 5.26 Å². The molecule has 1 rings (SSSR count). The molecule has 0 heterocycles. The van der Waals surface area contributed by atoms with Crippen molar-refractivity contribution in [1.82, 2.24) is 4.90 Å². The van der Waals surface area contributed by atoms with Crippen molar-refractivity contribution in [3.8, 4) is 11.8 Å². The third kappa shape index (κ3) is 4.30. The fourth-order valence-electron chi connectivity index (χ4n) is 1.23. The first-order valence-electron chi connectivity index (χ1n) is 5.58. The highest BCUT2D eigenvalue weighted by Gasteiger charge is 2.11. The minimum atomic E-state index is -0.547. The number of ether oxygens (including phenoxy) is 1. The Balaban J connectivity index is 2.61. The van der Waals surface area contributed by atoms with E-state index in [4.69, 9.17) is 10.00 Å². The molecule has 18 heavy (non-hydrogen) atoms. The Hall–Kier alpha value is -2.28. The average Bonchev–Trinajstić information content (AvgIpc) is 2.36. The van der Waals surface area contributed by atoms with Crippen LogP contribution in [0.15, 0.2) is 36.5 Å². The molecule has 0 aliphatic rings. The summed E-state index contributed by atoms with van der Waals surface area (Å²) in [5.74, 6) is 0.473. The third-order valence-corrected chi connectivity index (χ3v) is 2.23. The number of rotatable bonds is 5. The van der Waals surface area contributed by atoms with E-state index < -0.39 is 6.10 Å². The van der Waals surface area contributed by atoms with E-state index >= 15 is 0 Å². The quantitative estimate of drug-likeness (QED) is 0.743. The summed E-state index contributed by atoms with van der Waals surface area (Å²) < 4.78 is 5.48. The second-order valence-corrected chi connectivity index (χ2v) is 4.08. The van der Waals surface area contributed by atoms with E-state index in [2.05, 4.69) is 0 Å². The van der Waals surface area contributed by atoms with Crippen LogP contribution in [-0.2, 0) is 4.79 Å². The maximum atomic E-state index is 11.7. The number of hydrogen-bond acceptors (Lipinski definition) is 4. The summed E-state index contributed by atoms with van der Waals surface area (Å²) in [5, 5.41) is 8.66. The van der Waals surface area contributed by atoms with Crippen LogP contribution in [-0.4, -0.2) is 30.9 Å². The van der Waals surface area contributed by atoms with Crippen molar-refractivity contribution in [3.63, 3.8) is 0 Å². The number of benzene rings is 1. The molecule has 0 aliphatic heterocycles. The highest BCUT2D eigenvalue weighted by Crippen LogP contribution is 2.13. The molecule has 1 aromatic carbocycles. The smallest absolute Gasteiger partial charge is 0.197 e. The summed E-state index contributed by atoms with van der Waals surface area (Å²) in [4.78, 5) is 13.5. The average molecular weight is 244 g/mol. The zero-order chi connectivity index (χ0) is 13.5. The second-order valence-electron chi connectivity index (χ2n) is 4.08. The predicted octanol–water partition coefficient (Wildman–Crippen LogP) is 1.97. The van der Waals surface area contributed by atoms with Crippen molar-refractivity contribution in [2.75, 3.05) is 14.1 Å². The lowest BCUT2D eigenvalue weighted by Gasteiger charge is -2.12. The molecule has 0 fully saturated rings. The highest BCUT2D eigenvalue weighted by molar-refractivity contribution is 5.93. The Bertz CT molecular complexity index is 470. The van der Waals surface area contributed by atoms with Crippen molar-refractivity contribution in [3.05, 3.63) is 42.1 Å². The molecule has 0 saturated carbocycles. The standard InChI is InChI=1S/C14H16N2O2/c1-11(14(17)8-9-16(2)3)18-13-6-4-12(10-15)5-7-13/h4-9,11H,1-3H3/b9-8+/t11-/m0/s1. The van der Waals surface area contributed by atoms with Gasteiger partial charge in [-0.1, -0.05) is 0 Å². The van der Waals surface area contributed by atoms with Crippen LogP contribution in [0.3, 0.4) is 0 Å². The molecule has 0 aromatic heterocycles. The van der Waals surface area contributed by atoms with Gasteiger partial charge in [-0.15, -0.1) is 0 Å². The van der Waals surface area contributed by atoms with E-state index in [-0.39, 0.29) is 5.78 Å². The van der Waals surface area contributed by atoms with Gasteiger partial charge in [-0.05, 0) is 31.2 Å². The molecule has 0 bridgehead atoms. The van der Waals surface area contributed by atoms with Crippen molar-refractivity contribution >= 4 is 5.78 Å². The minimum absolute atomic E-state index is 0.104. The molecule has 94 valence electrons. The lowest BCUT2D eigenvalue weighted by atomic mass is 10.2. The topological polar surface area (TPSA) is 53.3 Å². The van der Waals surface area contributed by atoms with Crippen LogP contribution in [0.1, 0.15) is 12.5 Å². The van der Waals surface area contributed by atoms with E-state index in [0.29, 0.717) is 11.3 Å². The first kappa shape index (κ1) is 13.8. The van der Waals surface area contributed by atoms with Gasteiger partial charge >= 0.3 is 0 Å².